The maximum absolute atomic E-state index is 14.2. The Hall–Kier alpha value is -3.34. The van der Waals surface area contributed by atoms with Crippen LogP contribution in [0.15, 0.2) is 0 Å². The van der Waals surface area contributed by atoms with Crippen LogP contribution in [0.2, 0.25) is 0 Å². The minimum absolute atomic E-state index is 0.117. The molecular formula is C45H82N4O12. The van der Waals surface area contributed by atoms with Gasteiger partial charge in [-0.05, 0) is 129 Å². The average Bonchev–Trinajstić information content (AvgIpc) is 3.09. The normalized spacial score (nSPS) is 17.2. The number of hydrogen-bond donors (Lipinski definition) is 1. The molecule has 16 nitrogen and oxygen atoms in total. The molecule has 0 aromatic carbocycles. The summed E-state index contributed by atoms with van der Waals surface area (Å²) in [6.07, 6.45) is 2.30. The summed E-state index contributed by atoms with van der Waals surface area (Å²) in [6, 6.07) is -2.18. The van der Waals surface area contributed by atoms with Gasteiger partial charge >= 0.3 is 35.8 Å². The van der Waals surface area contributed by atoms with Crippen LogP contribution < -0.4 is 5.32 Å². The van der Waals surface area contributed by atoms with Crippen molar-refractivity contribution in [3.63, 3.8) is 0 Å². The van der Waals surface area contributed by atoms with Crippen LogP contribution in [0.3, 0.4) is 0 Å². The molecule has 61 heavy (non-hydrogen) atoms. The SMILES string of the molecule is CCOC(=O)CCCC(C(=O)OC(C)(C)C)N1CCNCCN(C(CCCC(=O)OC(C)C)C(=O)OC(C)(C)C)CCN(C(CCCC(=O)OCC)C(=O)OC(C)(C)C)CC1. The van der Waals surface area contributed by atoms with Crippen LogP contribution in [-0.4, -0.2) is 157 Å². The van der Waals surface area contributed by atoms with E-state index < -0.39 is 52.8 Å². The van der Waals surface area contributed by atoms with E-state index in [4.69, 9.17) is 28.4 Å². The lowest BCUT2D eigenvalue weighted by molar-refractivity contribution is -0.165. The Labute approximate surface area is 366 Å². The molecule has 16 heteroatoms. The number of ether oxygens (including phenoxy) is 6. The molecule has 0 aromatic heterocycles. The molecule has 0 spiro atoms. The van der Waals surface area contributed by atoms with E-state index in [0.29, 0.717) is 84.5 Å². The molecule has 3 atom stereocenters. The van der Waals surface area contributed by atoms with Gasteiger partial charge in [-0.25, -0.2) is 0 Å². The molecule has 1 fully saturated rings. The van der Waals surface area contributed by atoms with Crippen molar-refractivity contribution < 1.29 is 57.2 Å². The van der Waals surface area contributed by atoms with E-state index in [1.807, 2.05) is 56.2 Å². The zero-order chi connectivity index (χ0) is 46.4. The van der Waals surface area contributed by atoms with Crippen molar-refractivity contribution in [1.82, 2.24) is 20.0 Å². The van der Waals surface area contributed by atoms with E-state index in [0.717, 1.165) is 0 Å². The van der Waals surface area contributed by atoms with Crippen LogP contribution in [0.25, 0.3) is 0 Å². The minimum Gasteiger partial charge on any atom is -0.466 e. The molecule has 1 heterocycles. The number of nitrogens with zero attached hydrogens (tertiary/aromatic N) is 3. The van der Waals surface area contributed by atoms with Crippen LogP contribution >= 0.6 is 0 Å². The standard InChI is InChI=1S/C45H82N4O12/c1-14-56-37(50)22-16-19-34(40(53)59-43(5,6)7)47-27-25-46-26-28-48(35(41(54)60-44(8,9)10)21-18-24-39(52)58-33(3)4)30-32-49(31-29-47)36(42(55)61-45(11,12)13)20-17-23-38(51)57-15-2/h33-36,46H,14-32H2,1-13H3. The third-order valence-corrected chi connectivity index (χ3v) is 9.41. The lowest BCUT2D eigenvalue weighted by atomic mass is 10.0. The minimum atomic E-state index is -0.800. The molecule has 0 bridgehead atoms. The summed E-state index contributed by atoms with van der Waals surface area (Å²) in [6.45, 7) is 27.0. The highest BCUT2D eigenvalue weighted by molar-refractivity contribution is 5.78. The Morgan fingerprint density at radius 1 is 0.492 bits per heavy atom. The van der Waals surface area contributed by atoms with Crippen LogP contribution in [0, 0.1) is 0 Å². The molecule has 0 radical (unpaired) electrons. The fourth-order valence-corrected chi connectivity index (χ4v) is 6.92. The predicted molar refractivity (Wildman–Crippen MR) is 233 cm³/mol. The van der Waals surface area contributed by atoms with Crippen LogP contribution in [-0.2, 0) is 57.2 Å². The number of rotatable bonds is 21. The van der Waals surface area contributed by atoms with Crippen molar-refractivity contribution in [1.29, 1.82) is 0 Å². The summed E-state index contributed by atoms with van der Waals surface area (Å²) in [4.78, 5) is 85.5. The molecule has 0 amide bonds. The highest BCUT2D eigenvalue weighted by atomic mass is 16.6. The summed E-state index contributed by atoms with van der Waals surface area (Å²) in [5, 5.41) is 3.49. The number of carbonyl (C=O) groups is 6. The second-order valence-corrected chi connectivity index (χ2v) is 18.8. The Balaban J connectivity index is 3.75. The fourth-order valence-electron chi connectivity index (χ4n) is 6.92. The maximum atomic E-state index is 14.2. The molecule has 1 aliphatic heterocycles. The smallest absolute Gasteiger partial charge is 0.323 e. The molecule has 1 N–H and O–H groups in total. The van der Waals surface area contributed by atoms with Gasteiger partial charge in [-0.3, -0.25) is 43.5 Å². The van der Waals surface area contributed by atoms with Gasteiger partial charge < -0.3 is 33.7 Å². The number of esters is 6. The van der Waals surface area contributed by atoms with Crippen molar-refractivity contribution in [2.24, 2.45) is 0 Å². The van der Waals surface area contributed by atoms with E-state index >= 15 is 0 Å². The van der Waals surface area contributed by atoms with Gasteiger partial charge in [0, 0.05) is 71.6 Å². The van der Waals surface area contributed by atoms with E-state index in [9.17, 15) is 28.8 Å². The first-order valence-corrected chi connectivity index (χ1v) is 22.5. The summed E-state index contributed by atoms with van der Waals surface area (Å²) >= 11 is 0. The third-order valence-electron chi connectivity index (χ3n) is 9.41. The number of hydrogen-bond acceptors (Lipinski definition) is 16. The first-order chi connectivity index (χ1) is 28.4. The Morgan fingerprint density at radius 2 is 0.787 bits per heavy atom. The number of carbonyl (C=O) groups excluding carboxylic acids is 6. The fraction of sp³-hybridized carbons (Fsp3) is 0.867. The van der Waals surface area contributed by atoms with Crippen molar-refractivity contribution in [2.75, 3.05) is 65.6 Å². The molecule has 1 saturated heterocycles. The van der Waals surface area contributed by atoms with Crippen molar-refractivity contribution in [3.05, 3.63) is 0 Å². The highest BCUT2D eigenvalue weighted by Gasteiger charge is 2.36. The monoisotopic (exact) mass is 871 g/mol. The highest BCUT2D eigenvalue weighted by Crippen LogP contribution is 2.22. The Kier molecular flexibility index (Phi) is 25.2. The van der Waals surface area contributed by atoms with E-state index in [1.165, 1.54) is 0 Å². The van der Waals surface area contributed by atoms with E-state index in [1.54, 1.807) is 48.5 Å². The van der Waals surface area contributed by atoms with Gasteiger partial charge in [0.05, 0.1) is 19.3 Å². The van der Waals surface area contributed by atoms with Crippen molar-refractivity contribution >= 4 is 35.8 Å². The molecular weight excluding hydrogens is 789 g/mol. The van der Waals surface area contributed by atoms with E-state index in [2.05, 4.69) is 5.32 Å². The Morgan fingerprint density at radius 3 is 1.07 bits per heavy atom. The molecule has 0 aliphatic carbocycles. The van der Waals surface area contributed by atoms with Gasteiger partial charge in [0.2, 0.25) is 0 Å². The molecule has 0 aromatic rings. The molecule has 1 rings (SSSR count). The number of nitrogens with one attached hydrogen (secondary N) is 1. The molecule has 1 aliphatic rings. The van der Waals surface area contributed by atoms with Gasteiger partial charge in [-0.15, -0.1) is 0 Å². The Bertz CT molecular complexity index is 1350. The van der Waals surface area contributed by atoms with Gasteiger partial charge in [0.25, 0.3) is 0 Å². The average molecular weight is 871 g/mol. The van der Waals surface area contributed by atoms with Crippen LogP contribution in [0.1, 0.15) is 148 Å². The molecule has 0 saturated carbocycles. The molecule has 354 valence electrons. The topological polar surface area (TPSA) is 180 Å². The third kappa shape index (κ3) is 25.4. The van der Waals surface area contributed by atoms with E-state index in [-0.39, 0.29) is 62.9 Å². The largest absolute Gasteiger partial charge is 0.466 e. The predicted octanol–water partition coefficient (Wildman–Crippen LogP) is 5.22. The van der Waals surface area contributed by atoms with Gasteiger partial charge in [-0.1, -0.05) is 0 Å². The first kappa shape index (κ1) is 55.7. The summed E-state index contributed by atoms with van der Waals surface area (Å²) in [5.74, 6) is -2.29. The second-order valence-electron chi connectivity index (χ2n) is 18.8. The lowest BCUT2D eigenvalue weighted by Crippen LogP contribution is -2.55. The van der Waals surface area contributed by atoms with Crippen LogP contribution in [0.5, 0.6) is 0 Å². The van der Waals surface area contributed by atoms with Gasteiger partial charge in [-0.2, -0.15) is 0 Å². The van der Waals surface area contributed by atoms with Crippen molar-refractivity contribution in [2.45, 2.75) is 189 Å². The summed E-state index contributed by atoms with van der Waals surface area (Å²) in [7, 11) is 0. The zero-order valence-electron chi connectivity index (χ0n) is 40.0. The first-order valence-electron chi connectivity index (χ1n) is 22.5. The van der Waals surface area contributed by atoms with Gasteiger partial charge in [0.1, 0.15) is 34.9 Å². The van der Waals surface area contributed by atoms with Crippen molar-refractivity contribution in [3.8, 4) is 0 Å². The second kappa shape index (κ2) is 27.7. The quantitative estimate of drug-likeness (QED) is 0.117. The van der Waals surface area contributed by atoms with Crippen LogP contribution in [0.4, 0.5) is 0 Å². The zero-order valence-corrected chi connectivity index (χ0v) is 40.0. The summed E-state index contributed by atoms with van der Waals surface area (Å²) < 4.78 is 33.6. The lowest BCUT2D eigenvalue weighted by Gasteiger charge is -2.39. The summed E-state index contributed by atoms with van der Waals surface area (Å²) in [5.41, 5.74) is -2.31. The maximum Gasteiger partial charge on any atom is 0.323 e. The van der Waals surface area contributed by atoms with Gasteiger partial charge in [0.15, 0.2) is 0 Å². The molecule has 3 unspecified atom stereocenters.